The molecule has 1 aromatic carbocycles. The molecule has 0 spiro atoms. The van der Waals surface area contributed by atoms with Crippen molar-refractivity contribution in [1.82, 2.24) is 19.5 Å². The van der Waals surface area contributed by atoms with Gasteiger partial charge in [0.1, 0.15) is 23.4 Å². The quantitative estimate of drug-likeness (QED) is 0.626. The molecule has 1 atom stereocenters. The summed E-state index contributed by atoms with van der Waals surface area (Å²) in [5, 5.41) is 0.0188. The van der Waals surface area contributed by atoms with Gasteiger partial charge in [0.05, 0.1) is 11.2 Å². The zero-order valence-electron chi connectivity index (χ0n) is 17.2. The minimum atomic E-state index is -0.491. The van der Waals surface area contributed by atoms with Crippen LogP contribution in [0.2, 0.25) is 5.02 Å². The Morgan fingerprint density at radius 3 is 2.70 bits per heavy atom. The number of anilines is 2. The molecular formula is C21H22ClFN6O. The topological polar surface area (TPSA) is 67.2 Å². The van der Waals surface area contributed by atoms with Gasteiger partial charge in [0.2, 0.25) is 11.9 Å². The summed E-state index contributed by atoms with van der Waals surface area (Å²) < 4.78 is 15.3. The average molecular weight is 429 g/mol. The Balaban J connectivity index is 1.84. The monoisotopic (exact) mass is 428 g/mol. The highest BCUT2D eigenvalue weighted by atomic mass is 35.5. The number of carbonyl (C=O) groups is 1. The number of likely N-dealkylation sites (N-methyl/N-ethyl adjacent to an activating group) is 1. The predicted molar refractivity (Wildman–Crippen MR) is 115 cm³/mol. The molecule has 1 aliphatic heterocycles. The summed E-state index contributed by atoms with van der Waals surface area (Å²) in [6.45, 7) is 6.07. The van der Waals surface area contributed by atoms with Crippen molar-refractivity contribution in [3.63, 3.8) is 0 Å². The molecule has 1 aliphatic rings. The first kappa shape index (κ1) is 20.3. The molecule has 3 heterocycles. The third-order valence-electron chi connectivity index (χ3n) is 5.27. The number of hydrogen-bond donors (Lipinski definition) is 0. The number of fused-ring (bicyclic) bond motifs is 1. The van der Waals surface area contributed by atoms with Gasteiger partial charge in [0, 0.05) is 31.0 Å². The number of aromatic nitrogens is 4. The maximum Gasteiger partial charge on any atom is 0.249 e. The van der Waals surface area contributed by atoms with Crippen LogP contribution in [0.1, 0.15) is 27.2 Å². The molecule has 0 saturated carbocycles. The van der Waals surface area contributed by atoms with Crippen LogP contribution in [-0.4, -0.2) is 44.6 Å². The van der Waals surface area contributed by atoms with Crippen molar-refractivity contribution in [2.75, 3.05) is 16.8 Å². The third kappa shape index (κ3) is 3.21. The van der Waals surface area contributed by atoms with Crippen molar-refractivity contribution in [3.8, 4) is 17.3 Å². The van der Waals surface area contributed by atoms with Crippen molar-refractivity contribution in [2.24, 2.45) is 0 Å². The first-order valence-electron chi connectivity index (χ1n) is 9.75. The van der Waals surface area contributed by atoms with Crippen LogP contribution in [0.25, 0.3) is 17.3 Å². The number of halogens is 2. The van der Waals surface area contributed by atoms with Crippen LogP contribution in [0.15, 0.2) is 36.8 Å². The zero-order valence-corrected chi connectivity index (χ0v) is 17.9. The minimum absolute atomic E-state index is 0.0188. The van der Waals surface area contributed by atoms with Crippen LogP contribution >= 0.6 is 11.6 Å². The van der Waals surface area contributed by atoms with E-state index in [1.807, 2.05) is 25.7 Å². The molecule has 3 aromatic rings. The molecule has 2 aromatic heterocycles. The van der Waals surface area contributed by atoms with E-state index in [9.17, 15) is 9.18 Å². The van der Waals surface area contributed by atoms with Crippen molar-refractivity contribution in [3.05, 3.63) is 47.6 Å². The molecule has 4 rings (SSSR count). The van der Waals surface area contributed by atoms with Gasteiger partial charge in [-0.25, -0.2) is 14.4 Å². The number of benzene rings is 1. The van der Waals surface area contributed by atoms with Gasteiger partial charge < -0.3 is 9.80 Å². The van der Waals surface area contributed by atoms with Gasteiger partial charge in [0.25, 0.3) is 0 Å². The molecule has 0 radical (unpaired) electrons. The highest BCUT2D eigenvalue weighted by Crippen LogP contribution is 2.36. The first-order valence-corrected chi connectivity index (χ1v) is 10.1. The molecule has 30 heavy (non-hydrogen) atoms. The molecule has 9 heteroatoms. The van der Waals surface area contributed by atoms with Gasteiger partial charge in [-0.1, -0.05) is 18.5 Å². The Morgan fingerprint density at radius 2 is 2.03 bits per heavy atom. The summed E-state index contributed by atoms with van der Waals surface area (Å²) in [4.78, 5) is 30.1. The van der Waals surface area contributed by atoms with Crippen molar-refractivity contribution < 1.29 is 9.18 Å². The van der Waals surface area contributed by atoms with Gasteiger partial charge in [-0.3, -0.25) is 9.36 Å². The van der Waals surface area contributed by atoms with E-state index < -0.39 is 5.82 Å². The Hall–Kier alpha value is -3.00. The van der Waals surface area contributed by atoms with Gasteiger partial charge in [-0.05, 0) is 38.5 Å². The van der Waals surface area contributed by atoms with Crippen molar-refractivity contribution >= 4 is 29.0 Å². The number of imidazole rings is 1. The van der Waals surface area contributed by atoms with Crippen molar-refractivity contribution in [1.29, 1.82) is 0 Å². The van der Waals surface area contributed by atoms with Crippen LogP contribution < -0.4 is 9.80 Å². The summed E-state index contributed by atoms with van der Waals surface area (Å²) >= 11 is 5.95. The Labute approximate surface area is 179 Å². The van der Waals surface area contributed by atoms with E-state index in [1.54, 1.807) is 41.2 Å². The number of nitrogens with zero attached hydrogens (tertiary/aromatic N) is 6. The van der Waals surface area contributed by atoms with E-state index in [-0.39, 0.29) is 23.0 Å². The molecule has 1 amide bonds. The molecular weight excluding hydrogens is 407 g/mol. The highest BCUT2D eigenvalue weighted by molar-refractivity contribution is 6.31. The number of hydrogen-bond acceptors (Lipinski definition) is 5. The lowest BCUT2D eigenvalue weighted by Gasteiger charge is -2.42. The second kappa shape index (κ2) is 7.68. The van der Waals surface area contributed by atoms with Gasteiger partial charge in [0.15, 0.2) is 5.82 Å². The molecule has 0 unspecified atom stereocenters. The van der Waals surface area contributed by atoms with Gasteiger partial charge in [-0.2, -0.15) is 4.98 Å². The lowest BCUT2D eigenvalue weighted by molar-refractivity contribution is -0.120. The maximum atomic E-state index is 13.6. The van der Waals surface area contributed by atoms with E-state index in [4.69, 9.17) is 16.6 Å². The SMILES string of the molecule is CC[C@@H]1C(=O)N(C)c2cnc(-n3ccnc3-c3ccc(F)c(Cl)c3)nc2N1C(C)C. The summed E-state index contributed by atoms with van der Waals surface area (Å²) in [6, 6.07) is 4.22. The molecule has 7 nitrogen and oxygen atoms in total. The minimum Gasteiger partial charge on any atom is -0.340 e. The second-order valence-electron chi connectivity index (χ2n) is 7.45. The zero-order chi connectivity index (χ0) is 21.6. The molecule has 0 saturated heterocycles. The predicted octanol–water partition coefficient (Wildman–Crippen LogP) is 4.09. The van der Waals surface area contributed by atoms with E-state index in [1.165, 1.54) is 12.1 Å². The smallest absolute Gasteiger partial charge is 0.249 e. The van der Waals surface area contributed by atoms with Crippen LogP contribution in [0.5, 0.6) is 0 Å². The van der Waals surface area contributed by atoms with Crippen LogP contribution in [0.3, 0.4) is 0 Å². The van der Waals surface area contributed by atoms with Gasteiger partial charge >= 0.3 is 0 Å². The third-order valence-corrected chi connectivity index (χ3v) is 5.56. The number of carbonyl (C=O) groups excluding carboxylic acids is 1. The van der Waals surface area contributed by atoms with Crippen molar-refractivity contribution in [2.45, 2.75) is 39.3 Å². The molecule has 0 fully saturated rings. The fraction of sp³-hybridized carbons (Fsp3) is 0.333. The van der Waals surface area contributed by atoms with E-state index in [0.717, 1.165) is 0 Å². The van der Waals surface area contributed by atoms with Crippen LogP contribution in [0.4, 0.5) is 15.9 Å². The summed E-state index contributed by atoms with van der Waals surface area (Å²) in [6.07, 6.45) is 5.69. The lowest BCUT2D eigenvalue weighted by atomic mass is 10.1. The fourth-order valence-corrected chi connectivity index (χ4v) is 3.98. The van der Waals surface area contributed by atoms with E-state index >= 15 is 0 Å². The fourth-order valence-electron chi connectivity index (χ4n) is 3.80. The molecule has 0 N–H and O–H groups in total. The number of amides is 1. The average Bonchev–Trinajstić information content (AvgIpc) is 3.21. The standard InChI is InChI=1S/C21H22ClFN6O/c1-5-16-20(30)27(4)17-11-25-21(26-19(17)29(16)12(2)3)28-9-8-24-18(28)13-6-7-15(23)14(22)10-13/h6-12,16H,5H2,1-4H3/t16-/m1/s1. The Bertz CT molecular complexity index is 1110. The Kier molecular flexibility index (Phi) is 5.19. The van der Waals surface area contributed by atoms with Crippen LogP contribution in [0, 0.1) is 5.82 Å². The number of rotatable bonds is 4. The molecule has 0 bridgehead atoms. The maximum absolute atomic E-state index is 13.6. The largest absolute Gasteiger partial charge is 0.340 e. The highest BCUT2D eigenvalue weighted by Gasteiger charge is 2.38. The van der Waals surface area contributed by atoms with Crippen LogP contribution in [-0.2, 0) is 4.79 Å². The van der Waals surface area contributed by atoms with E-state index in [0.29, 0.717) is 35.3 Å². The summed E-state index contributed by atoms with van der Waals surface area (Å²) in [5.74, 6) is 1.18. The normalized spacial score (nSPS) is 16.4. The summed E-state index contributed by atoms with van der Waals surface area (Å²) in [5.41, 5.74) is 1.31. The Morgan fingerprint density at radius 1 is 1.27 bits per heavy atom. The molecule has 0 aliphatic carbocycles. The van der Waals surface area contributed by atoms with E-state index in [2.05, 4.69) is 9.97 Å². The second-order valence-corrected chi connectivity index (χ2v) is 7.86. The summed E-state index contributed by atoms with van der Waals surface area (Å²) in [7, 11) is 1.74. The molecule has 156 valence electrons. The lowest BCUT2D eigenvalue weighted by Crippen LogP contribution is -2.55. The van der Waals surface area contributed by atoms with Gasteiger partial charge in [-0.15, -0.1) is 0 Å². The first-order chi connectivity index (χ1) is 14.3.